The molecule has 2 N–H and O–H groups in total. The van der Waals surface area contributed by atoms with E-state index in [2.05, 4.69) is 56.3 Å². The second-order valence-corrected chi connectivity index (χ2v) is 4.71. The van der Waals surface area contributed by atoms with E-state index in [-0.39, 0.29) is 0 Å². The number of fused-ring (bicyclic) bond motifs is 1. The van der Waals surface area contributed by atoms with Crippen LogP contribution in [0.4, 0.5) is 0 Å². The minimum Gasteiger partial charge on any atom is -0.345 e. The van der Waals surface area contributed by atoms with Gasteiger partial charge in [-0.1, -0.05) is 24.3 Å². The van der Waals surface area contributed by atoms with Crippen LogP contribution in [0.1, 0.15) is 0 Å². The molecule has 2 heterocycles. The Balaban J connectivity index is 1.83. The van der Waals surface area contributed by atoms with Crippen molar-refractivity contribution in [3.05, 3.63) is 61.4 Å². The molecule has 4 nitrogen and oxygen atoms in total. The zero-order chi connectivity index (χ0) is 13.4. The van der Waals surface area contributed by atoms with Crippen LogP contribution in [0.2, 0.25) is 0 Å². The highest BCUT2D eigenvalue weighted by atomic mass is 14.9. The molecule has 0 aliphatic rings. The number of nitrogens with zero attached hydrogens (tertiary/aromatic N) is 2. The van der Waals surface area contributed by atoms with E-state index in [0.29, 0.717) is 0 Å². The minimum atomic E-state index is 1.03. The second kappa shape index (κ2) is 4.35. The fourth-order valence-electron chi connectivity index (χ4n) is 2.41. The number of rotatable bonds is 2. The maximum Gasteiger partial charge on any atom is 0.0924 e. The summed E-state index contributed by atoms with van der Waals surface area (Å²) in [6, 6.07) is 12.8. The van der Waals surface area contributed by atoms with Crippen molar-refractivity contribution < 1.29 is 0 Å². The Bertz CT molecular complexity index is 772. The SMILES string of the molecule is c1ncc(-c2ccc3cc(-c4cnc[nH]4)ccc3c2)[nH]1. The van der Waals surface area contributed by atoms with Gasteiger partial charge in [0.1, 0.15) is 0 Å². The van der Waals surface area contributed by atoms with E-state index >= 15 is 0 Å². The number of nitrogens with one attached hydrogen (secondary N) is 2. The molecule has 0 bridgehead atoms. The summed E-state index contributed by atoms with van der Waals surface area (Å²) in [4.78, 5) is 14.4. The Labute approximate surface area is 115 Å². The van der Waals surface area contributed by atoms with Crippen LogP contribution in [-0.2, 0) is 0 Å². The number of aromatic nitrogens is 4. The highest BCUT2D eigenvalue weighted by Gasteiger charge is 2.03. The van der Waals surface area contributed by atoms with Gasteiger partial charge in [-0.2, -0.15) is 0 Å². The molecule has 0 spiro atoms. The molecule has 0 radical (unpaired) electrons. The van der Waals surface area contributed by atoms with Crippen molar-refractivity contribution in [3.63, 3.8) is 0 Å². The van der Waals surface area contributed by atoms with Crippen molar-refractivity contribution >= 4 is 10.8 Å². The lowest BCUT2D eigenvalue weighted by atomic mass is 10.0. The zero-order valence-corrected chi connectivity index (χ0v) is 10.7. The van der Waals surface area contributed by atoms with Crippen molar-refractivity contribution in [2.75, 3.05) is 0 Å². The Kier molecular flexibility index (Phi) is 2.39. The lowest BCUT2D eigenvalue weighted by Gasteiger charge is -2.04. The van der Waals surface area contributed by atoms with Crippen LogP contribution in [-0.4, -0.2) is 19.9 Å². The molecule has 2 aromatic heterocycles. The predicted octanol–water partition coefficient (Wildman–Crippen LogP) is 3.62. The van der Waals surface area contributed by atoms with Crippen molar-refractivity contribution in [2.45, 2.75) is 0 Å². The van der Waals surface area contributed by atoms with Gasteiger partial charge in [0.25, 0.3) is 0 Å². The van der Waals surface area contributed by atoms with Gasteiger partial charge < -0.3 is 9.97 Å². The normalized spacial score (nSPS) is 11.0. The van der Waals surface area contributed by atoms with Crippen LogP contribution in [0.15, 0.2) is 61.4 Å². The lowest BCUT2D eigenvalue weighted by molar-refractivity contribution is 1.31. The fourth-order valence-corrected chi connectivity index (χ4v) is 2.41. The number of hydrogen-bond acceptors (Lipinski definition) is 2. The average Bonchev–Trinajstić information content (AvgIpc) is 3.19. The molecule has 4 rings (SSSR count). The first-order valence-electron chi connectivity index (χ1n) is 6.41. The van der Waals surface area contributed by atoms with Crippen molar-refractivity contribution in [1.82, 2.24) is 19.9 Å². The van der Waals surface area contributed by atoms with Gasteiger partial charge in [0.2, 0.25) is 0 Å². The molecule has 0 amide bonds. The molecule has 0 fully saturated rings. The quantitative estimate of drug-likeness (QED) is 0.578. The minimum absolute atomic E-state index is 1.03. The zero-order valence-electron chi connectivity index (χ0n) is 10.7. The van der Waals surface area contributed by atoms with E-state index in [1.54, 1.807) is 12.7 Å². The third kappa shape index (κ3) is 1.78. The molecule has 96 valence electrons. The second-order valence-electron chi connectivity index (χ2n) is 4.71. The van der Waals surface area contributed by atoms with Crippen LogP contribution in [0.5, 0.6) is 0 Å². The molecule has 0 aliphatic heterocycles. The average molecular weight is 260 g/mol. The molecule has 0 saturated carbocycles. The van der Waals surface area contributed by atoms with Gasteiger partial charge in [-0.05, 0) is 22.9 Å². The first kappa shape index (κ1) is 11.0. The molecular weight excluding hydrogens is 248 g/mol. The Morgan fingerprint density at radius 2 is 1.15 bits per heavy atom. The first-order chi connectivity index (χ1) is 9.90. The summed E-state index contributed by atoms with van der Waals surface area (Å²) in [7, 11) is 0. The largest absolute Gasteiger partial charge is 0.345 e. The molecule has 0 atom stereocenters. The van der Waals surface area contributed by atoms with Crippen molar-refractivity contribution in [2.24, 2.45) is 0 Å². The number of benzene rings is 2. The van der Waals surface area contributed by atoms with E-state index in [9.17, 15) is 0 Å². The summed E-state index contributed by atoms with van der Waals surface area (Å²) in [6.45, 7) is 0. The molecule has 0 unspecified atom stereocenters. The summed E-state index contributed by atoms with van der Waals surface area (Å²) in [6.07, 6.45) is 7.06. The maximum absolute atomic E-state index is 4.06. The first-order valence-corrected chi connectivity index (χ1v) is 6.41. The van der Waals surface area contributed by atoms with E-state index in [0.717, 1.165) is 22.5 Å². The van der Waals surface area contributed by atoms with Crippen LogP contribution in [0.25, 0.3) is 33.3 Å². The van der Waals surface area contributed by atoms with E-state index in [1.807, 2.05) is 12.4 Å². The fraction of sp³-hybridized carbons (Fsp3) is 0. The van der Waals surface area contributed by atoms with Crippen LogP contribution in [0, 0.1) is 0 Å². The van der Waals surface area contributed by atoms with E-state index in [1.165, 1.54) is 10.8 Å². The lowest BCUT2D eigenvalue weighted by Crippen LogP contribution is -1.81. The summed E-state index contributed by atoms with van der Waals surface area (Å²) >= 11 is 0. The standard InChI is InChI=1S/C16H12N4/c1-3-13(15-7-17-9-19-15)6-12-2-4-14(5-11(1)12)16-8-18-10-20-16/h1-10H,(H,17,19)(H,18,20). The van der Waals surface area contributed by atoms with Gasteiger partial charge >= 0.3 is 0 Å². The van der Waals surface area contributed by atoms with Crippen LogP contribution < -0.4 is 0 Å². The van der Waals surface area contributed by atoms with E-state index < -0.39 is 0 Å². The monoisotopic (exact) mass is 260 g/mol. The molecule has 4 heteroatoms. The van der Waals surface area contributed by atoms with Crippen molar-refractivity contribution in [1.29, 1.82) is 0 Å². The van der Waals surface area contributed by atoms with Gasteiger partial charge in [-0.15, -0.1) is 0 Å². The number of imidazole rings is 2. The Hall–Kier alpha value is -2.88. The number of H-pyrrole nitrogens is 2. The maximum atomic E-state index is 4.06. The molecule has 2 aromatic carbocycles. The highest BCUT2D eigenvalue weighted by Crippen LogP contribution is 2.26. The predicted molar refractivity (Wildman–Crippen MR) is 79.1 cm³/mol. The van der Waals surface area contributed by atoms with Crippen LogP contribution in [0.3, 0.4) is 0 Å². The van der Waals surface area contributed by atoms with Gasteiger partial charge in [0.05, 0.1) is 36.4 Å². The topological polar surface area (TPSA) is 57.4 Å². The Morgan fingerprint density at radius 1 is 0.650 bits per heavy atom. The molecule has 20 heavy (non-hydrogen) atoms. The summed E-state index contributed by atoms with van der Waals surface area (Å²) in [5.74, 6) is 0. The van der Waals surface area contributed by atoms with Crippen LogP contribution >= 0.6 is 0 Å². The van der Waals surface area contributed by atoms with Gasteiger partial charge in [-0.25, -0.2) is 9.97 Å². The van der Waals surface area contributed by atoms with Gasteiger partial charge in [0.15, 0.2) is 0 Å². The smallest absolute Gasteiger partial charge is 0.0924 e. The van der Waals surface area contributed by atoms with E-state index in [4.69, 9.17) is 0 Å². The summed E-state index contributed by atoms with van der Waals surface area (Å²) < 4.78 is 0. The summed E-state index contributed by atoms with van der Waals surface area (Å²) in [5.41, 5.74) is 4.35. The molecule has 0 saturated heterocycles. The molecular formula is C16H12N4. The van der Waals surface area contributed by atoms with Gasteiger partial charge in [-0.3, -0.25) is 0 Å². The third-order valence-corrected chi connectivity index (χ3v) is 3.46. The Morgan fingerprint density at radius 3 is 1.55 bits per heavy atom. The molecule has 4 aromatic rings. The number of hydrogen-bond donors (Lipinski definition) is 2. The van der Waals surface area contributed by atoms with Gasteiger partial charge in [0, 0.05) is 11.1 Å². The molecule has 0 aliphatic carbocycles. The highest BCUT2D eigenvalue weighted by molar-refractivity contribution is 5.90. The van der Waals surface area contributed by atoms with Crippen molar-refractivity contribution in [3.8, 4) is 22.5 Å². The number of aromatic amines is 2. The summed E-state index contributed by atoms with van der Waals surface area (Å²) in [5, 5.41) is 2.42. The third-order valence-electron chi connectivity index (χ3n) is 3.46.